The molecule has 44 heavy (non-hydrogen) atoms. The van der Waals surface area contributed by atoms with E-state index in [4.69, 9.17) is 18.9 Å². The zero-order chi connectivity index (χ0) is 31.6. The molecule has 1 fully saturated rings. The Labute approximate surface area is 265 Å². The minimum atomic E-state index is -0.803. The van der Waals surface area contributed by atoms with Crippen LogP contribution in [0.15, 0.2) is 77.3 Å². The van der Waals surface area contributed by atoms with Gasteiger partial charge in [0.05, 0.1) is 26.9 Å². The molecule has 1 aliphatic heterocycles. The molecule has 0 radical (unpaired) electrons. The summed E-state index contributed by atoms with van der Waals surface area (Å²) in [5.41, 5.74) is 2.70. The molecule has 0 aliphatic carbocycles. The number of halogens is 1. The second-order valence-corrected chi connectivity index (χ2v) is 10.8. The first kappa shape index (κ1) is 32.3. The van der Waals surface area contributed by atoms with Gasteiger partial charge in [0.1, 0.15) is 12.2 Å². The summed E-state index contributed by atoms with van der Waals surface area (Å²) in [6.45, 7) is 8.90. The molecule has 230 valence electrons. The molecule has 3 aromatic carbocycles. The SMILES string of the molecule is C=CCc1cc(/C=C2\C(=O)NC(=O)N(Cc3ccc(OCCC)c(OCC)c3)C2=O)cc(OC)c1OCc1ccc(Br)cc1. The van der Waals surface area contributed by atoms with Crippen molar-refractivity contribution in [1.82, 2.24) is 10.2 Å². The van der Waals surface area contributed by atoms with Crippen LogP contribution in [0, 0.1) is 0 Å². The molecule has 1 aliphatic rings. The van der Waals surface area contributed by atoms with Gasteiger partial charge in [-0.1, -0.05) is 47.1 Å². The van der Waals surface area contributed by atoms with Gasteiger partial charge in [0.25, 0.3) is 11.8 Å². The van der Waals surface area contributed by atoms with Gasteiger partial charge < -0.3 is 18.9 Å². The molecular weight excluding hydrogens is 628 g/mol. The number of urea groups is 1. The number of amides is 4. The van der Waals surface area contributed by atoms with E-state index in [-0.39, 0.29) is 12.1 Å². The Kier molecular flexibility index (Phi) is 11.2. The lowest BCUT2D eigenvalue weighted by Crippen LogP contribution is -2.53. The third-order valence-electron chi connectivity index (χ3n) is 6.64. The van der Waals surface area contributed by atoms with E-state index >= 15 is 0 Å². The molecule has 0 saturated carbocycles. The lowest BCUT2D eigenvalue weighted by Gasteiger charge is -2.27. The summed E-state index contributed by atoms with van der Waals surface area (Å²) in [6, 6.07) is 15.7. The number of hydrogen-bond acceptors (Lipinski definition) is 7. The van der Waals surface area contributed by atoms with Crippen molar-refractivity contribution < 1.29 is 33.3 Å². The largest absolute Gasteiger partial charge is 0.493 e. The molecule has 0 aromatic heterocycles. The van der Waals surface area contributed by atoms with Crippen molar-refractivity contribution in [3.05, 3.63) is 99.6 Å². The first-order valence-corrected chi connectivity index (χ1v) is 15.0. The predicted molar refractivity (Wildman–Crippen MR) is 171 cm³/mol. The summed E-state index contributed by atoms with van der Waals surface area (Å²) in [6.07, 6.45) is 4.46. The van der Waals surface area contributed by atoms with Crippen LogP contribution in [0.1, 0.15) is 42.5 Å². The summed E-state index contributed by atoms with van der Waals surface area (Å²) in [4.78, 5) is 40.1. The van der Waals surface area contributed by atoms with Gasteiger partial charge in [0.2, 0.25) is 0 Å². The van der Waals surface area contributed by atoms with Crippen LogP contribution in [0.5, 0.6) is 23.0 Å². The minimum absolute atomic E-state index is 0.0721. The fraction of sp³-hybridized carbons (Fsp3) is 0.265. The van der Waals surface area contributed by atoms with E-state index < -0.39 is 17.8 Å². The van der Waals surface area contributed by atoms with Crippen molar-refractivity contribution in [2.75, 3.05) is 20.3 Å². The lowest BCUT2D eigenvalue weighted by atomic mass is 10.0. The van der Waals surface area contributed by atoms with Gasteiger partial charge >= 0.3 is 6.03 Å². The van der Waals surface area contributed by atoms with E-state index in [9.17, 15) is 14.4 Å². The molecule has 4 amide bonds. The maximum atomic E-state index is 13.5. The number of rotatable bonds is 14. The Bertz CT molecular complexity index is 1570. The van der Waals surface area contributed by atoms with Crippen LogP contribution in [-0.4, -0.2) is 43.1 Å². The number of ether oxygens (including phenoxy) is 4. The molecule has 0 unspecified atom stereocenters. The third kappa shape index (κ3) is 7.87. The van der Waals surface area contributed by atoms with Crippen molar-refractivity contribution in [3.8, 4) is 23.0 Å². The average molecular weight is 664 g/mol. The number of hydrogen-bond donors (Lipinski definition) is 1. The van der Waals surface area contributed by atoms with Crippen LogP contribution in [0.4, 0.5) is 4.79 Å². The standard InChI is InChI=1S/C34H35BrN2O7/c1-5-8-25-16-24(19-30(41-4)31(25)44-21-22-9-12-26(35)13-10-22)17-27-32(38)36-34(40)37(33(27)39)20-23-11-14-28(43-15-6-2)29(18-23)42-7-3/h5,9-14,16-19H,1,6-8,15,20-21H2,2-4H3,(H,36,38,40)/b27-17+. The number of imide groups is 2. The molecule has 10 heteroatoms. The van der Waals surface area contributed by atoms with Crippen LogP contribution in [0.3, 0.4) is 0 Å². The van der Waals surface area contributed by atoms with Crippen LogP contribution in [0.2, 0.25) is 0 Å². The van der Waals surface area contributed by atoms with Crippen LogP contribution in [0.25, 0.3) is 6.08 Å². The number of carbonyl (C=O) groups is 3. The fourth-order valence-corrected chi connectivity index (χ4v) is 4.83. The van der Waals surface area contributed by atoms with Crippen LogP contribution < -0.4 is 24.3 Å². The number of barbiturate groups is 1. The van der Waals surface area contributed by atoms with Gasteiger partial charge in [0, 0.05) is 10.0 Å². The molecule has 1 heterocycles. The van der Waals surface area contributed by atoms with E-state index in [1.54, 1.807) is 36.4 Å². The molecule has 0 atom stereocenters. The van der Waals surface area contributed by atoms with Crippen molar-refractivity contribution in [2.45, 2.75) is 39.8 Å². The Morgan fingerprint density at radius 2 is 1.66 bits per heavy atom. The number of nitrogens with one attached hydrogen (secondary N) is 1. The summed E-state index contributed by atoms with van der Waals surface area (Å²) in [5, 5.41) is 2.28. The van der Waals surface area contributed by atoms with Gasteiger partial charge in [-0.05, 0) is 78.9 Å². The van der Waals surface area contributed by atoms with Crippen molar-refractivity contribution in [2.24, 2.45) is 0 Å². The quantitative estimate of drug-likeness (QED) is 0.118. The normalized spacial score (nSPS) is 14.0. The van der Waals surface area contributed by atoms with Gasteiger partial charge in [0.15, 0.2) is 23.0 Å². The molecule has 0 bridgehead atoms. The monoisotopic (exact) mass is 662 g/mol. The number of benzene rings is 3. The van der Waals surface area contributed by atoms with Gasteiger partial charge in [-0.2, -0.15) is 0 Å². The Morgan fingerprint density at radius 3 is 2.34 bits per heavy atom. The van der Waals surface area contributed by atoms with Gasteiger partial charge in [-0.15, -0.1) is 6.58 Å². The molecule has 0 spiro atoms. The Morgan fingerprint density at radius 1 is 0.909 bits per heavy atom. The molecule has 1 N–H and O–H groups in total. The van der Waals surface area contributed by atoms with Gasteiger partial charge in [-0.3, -0.25) is 19.8 Å². The van der Waals surface area contributed by atoms with Crippen LogP contribution in [-0.2, 0) is 29.2 Å². The summed E-state index contributed by atoms with van der Waals surface area (Å²) >= 11 is 3.43. The summed E-state index contributed by atoms with van der Waals surface area (Å²) in [7, 11) is 1.52. The van der Waals surface area contributed by atoms with Crippen molar-refractivity contribution in [3.63, 3.8) is 0 Å². The van der Waals surface area contributed by atoms with E-state index in [0.29, 0.717) is 60.4 Å². The van der Waals surface area contributed by atoms with E-state index in [1.807, 2.05) is 38.1 Å². The van der Waals surface area contributed by atoms with Crippen molar-refractivity contribution in [1.29, 1.82) is 0 Å². The van der Waals surface area contributed by atoms with Gasteiger partial charge in [-0.25, -0.2) is 4.79 Å². The highest BCUT2D eigenvalue weighted by Gasteiger charge is 2.36. The first-order valence-electron chi connectivity index (χ1n) is 14.2. The average Bonchev–Trinajstić information content (AvgIpc) is 3.01. The zero-order valence-corrected chi connectivity index (χ0v) is 26.6. The second kappa shape index (κ2) is 15.2. The van der Waals surface area contributed by atoms with Crippen LogP contribution >= 0.6 is 15.9 Å². The highest BCUT2D eigenvalue weighted by molar-refractivity contribution is 9.10. The molecule has 9 nitrogen and oxygen atoms in total. The summed E-state index contributed by atoms with van der Waals surface area (Å²) < 4.78 is 24.2. The van der Waals surface area contributed by atoms with E-state index in [2.05, 4.69) is 27.8 Å². The molecule has 4 rings (SSSR count). The topological polar surface area (TPSA) is 103 Å². The maximum absolute atomic E-state index is 13.5. The molecule has 3 aromatic rings. The number of allylic oxidation sites excluding steroid dienone is 1. The minimum Gasteiger partial charge on any atom is -0.493 e. The fourth-order valence-electron chi connectivity index (χ4n) is 4.56. The van der Waals surface area contributed by atoms with Crippen molar-refractivity contribution >= 4 is 39.9 Å². The van der Waals surface area contributed by atoms with E-state index in [1.165, 1.54) is 13.2 Å². The third-order valence-corrected chi connectivity index (χ3v) is 7.17. The maximum Gasteiger partial charge on any atom is 0.331 e. The highest BCUT2D eigenvalue weighted by Crippen LogP contribution is 2.36. The first-order chi connectivity index (χ1) is 21.3. The number of carbonyl (C=O) groups excluding carboxylic acids is 3. The smallest absolute Gasteiger partial charge is 0.331 e. The predicted octanol–water partition coefficient (Wildman–Crippen LogP) is 6.61. The lowest BCUT2D eigenvalue weighted by molar-refractivity contribution is -0.130. The number of nitrogens with zero attached hydrogens (tertiary/aromatic N) is 1. The summed E-state index contributed by atoms with van der Waals surface area (Å²) in [5.74, 6) is 0.553. The Balaban J connectivity index is 1.62. The zero-order valence-electron chi connectivity index (χ0n) is 25.0. The second-order valence-electron chi connectivity index (χ2n) is 9.89. The molecular formula is C34H35BrN2O7. The Hall–Kier alpha value is -4.57. The van der Waals surface area contributed by atoms with E-state index in [0.717, 1.165) is 26.9 Å². The molecule has 1 saturated heterocycles. The number of methoxy groups -OCH3 is 1. The highest BCUT2D eigenvalue weighted by atomic mass is 79.9.